The predicted octanol–water partition coefficient (Wildman–Crippen LogP) is 5.35. The van der Waals surface area contributed by atoms with E-state index in [1.165, 1.54) is 11.6 Å². The SMILES string of the molecule is CCNS(=O)(=O)c1cc(C(=O)O[C@H]2CCC3C4C(CC[C@@]32C)[C@@]2(C)CCC(=O)C=C2C[C@H]4C)cs1. The summed E-state index contributed by atoms with van der Waals surface area (Å²) in [7, 11) is -3.58. The number of ether oxygens (including phenoxy) is 1. The molecule has 0 saturated heterocycles. The Kier molecular flexibility index (Phi) is 6.33. The van der Waals surface area contributed by atoms with Gasteiger partial charge in [0.1, 0.15) is 10.3 Å². The van der Waals surface area contributed by atoms with Gasteiger partial charge in [-0.2, -0.15) is 0 Å². The van der Waals surface area contributed by atoms with E-state index >= 15 is 0 Å². The number of nitrogens with one attached hydrogen (secondary N) is 1. The second kappa shape index (κ2) is 8.80. The standard InChI is InChI=1S/C27H37NO5S2/c1-5-28-35(31,32)23-13-17(15-34-23)25(30)33-22-7-6-20-24-16(2)12-18-14-19(29)8-10-26(18,3)21(24)9-11-27(20,22)4/h13-16,20-22,24,28H,5-12H2,1-4H3/t16-,20?,21?,22+,24?,26+,27+/m1/s1. The Morgan fingerprint density at radius 2 is 1.97 bits per heavy atom. The van der Waals surface area contributed by atoms with E-state index < -0.39 is 16.0 Å². The van der Waals surface area contributed by atoms with Crippen LogP contribution in [0.4, 0.5) is 0 Å². The highest BCUT2D eigenvalue weighted by Crippen LogP contribution is 2.66. The van der Waals surface area contributed by atoms with Crippen molar-refractivity contribution in [3.8, 4) is 0 Å². The zero-order valence-electron chi connectivity index (χ0n) is 21.1. The minimum atomic E-state index is -3.58. The first-order chi connectivity index (χ1) is 16.5. The molecule has 4 aliphatic carbocycles. The number of esters is 1. The number of rotatable bonds is 5. The van der Waals surface area contributed by atoms with Crippen molar-refractivity contribution >= 4 is 33.1 Å². The molecule has 35 heavy (non-hydrogen) atoms. The van der Waals surface area contributed by atoms with E-state index in [0.29, 0.717) is 42.2 Å². The van der Waals surface area contributed by atoms with Gasteiger partial charge in [-0.25, -0.2) is 17.9 Å². The van der Waals surface area contributed by atoms with Gasteiger partial charge >= 0.3 is 5.97 Å². The molecule has 6 nitrogen and oxygen atoms in total. The molecule has 4 aliphatic rings. The normalized spacial score (nSPS) is 38.8. The van der Waals surface area contributed by atoms with Gasteiger partial charge in [-0.3, -0.25) is 4.79 Å². The second-order valence-corrected chi connectivity index (χ2v) is 14.6. The molecule has 3 fully saturated rings. The number of sulfonamides is 1. The topological polar surface area (TPSA) is 89.5 Å². The molecule has 1 N–H and O–H groups in total. The minimum absolute atomic E-state index is 0.0676. The number of allylic oxidation sites excluding steroid dienone is 1. The third kappa shape index (κ3) is 4.04. The molecule has 0 aliphatic heterocycles. The van der Waals surface area contributed by atoms with Gasteiger partial charge in [-0.15, -0.1) is 11.3 Å². The summed E-state index contributed by atoms with van der Waals surface area (Å²) in [5.41, 5.74) is 1.73. The maximum Gasteiger partial charge on any atom is 0.339 e. The summed E-state index contributed by atoms with van der Waals surface area (Å²) in [5.74, 6) is 2.02. The quantitative estimate of drug-likeness (QED) is 0.530. The van der Waals surface area contributed by atoms with Crippen molar-refractivity contribution in [2.45, 2.75) is 83.0 Å². The highest BCUT2D eigenvalue weighted by Gasteiger charge is 2.61. The smallest absolute Gasteiger partial charge is 0.339 e. The largest absolute Gasteiger partial charge is 0.458 e. The van der Waals surface area contributed by atoms with Crippen LogP contribution in [-0.2, 0) is 19.6 Å². The average molecular weight is 520 g/mol. The summed E-state index contributed by atoms with van der Waals surface area (Å²) >= 11 is 1.05. The molecule has 1 heterocycles. The number of fused-ring (bicyclic) bond motifs is 5. The lowest BCUT2D eigenvalue weighted by molar-refractivity contribution is -0.119. The molecule has 0 bridgehead atoms. The van der Waals surface area contributed by atoms with Crippen molar-refractivity contribution in [2.75, 3.05) is 6.54 Å². The zero-order valence-corrected chi connectivity index (χ0v) is 22.8. The van der Waals surface area contributed by atoms with Crippen LogP contribution in [0, 0.1) is 34.5 Å². The first-order valence-corrected chi connectivity index (χ1v) is 15.4. The monoisotopic (exact) mass is 519 g/mol. The number of carbonyl (C=O) groups is 2. The van der Waals surface area contributed by atoms with Crippen LogP contribution in [0.1, 0.15) is 83.0 Å². The predicted molar refractivity (Wildman–Crippen MR) is 136 cm³/mol. The third-order valence-electron chi connectivity index (χ3n) is 9.88. The lowest BCUT2D eigenvalue weighted by Crippen LogP contribution is -2.54. The van der Waals surface area contributed by atoms with Crippen LogP contribution in [-0.4, -0.2) is 32.8 Å². The van der Waals surface area contributed by atoms with Crippen molar-refractivity contribution < 1.29 is 22.7 Å². The number of ketones is 1. The number of carbonyl (C=O) groups excluding carboxylic acids is 2. The fourth-order valence-corrected chi connectivity index (χ4v) is 10.3. The summed E-state index contributed by atoms with van der Waals surface area (Å²) in [6.07, 6.45) is 8.44. The van der Waals surface area contributed by atoms with E-state index in [1.807, 2.05) is 6.08 Å². The molecule has 0 amide bonds. The van der Waals surface area contributed by atoms with Crippen LogP contribution < -0.4 is 4.72 Å². The Labute approximate surface area is 212 Å². The third-order valence-corrected chi connectivity index (χ3v) is 12.9. The second-order valence-electron chi connectivity index (χ2n) is 11.7. The minimum Gasteiger partial charge on any atom is -0.458 e. The van der Waals surface area contributed by atoms with Crippen molar-refractivity contribution in [2.24, 2.45) is 34.5 Å². The first-order valence-electron chi connectivity index (χ1n) is 13.0. The van der Waals surface area contributed by atoms with Crippen molar-refractivity contribution in [1.29, 1.82) is 0 Å². The molecule has 0 aromatic carbocycles. The van der Waals surface area contributed by atoms with Crippen molar-refractivity contribution in [1.82, 2.24) is 4.72 Å². The molecule has 5 rings (SSSR count). The van der Waals surface area contributed by atoms with E-state index in [9.17, 15) is 18.0 Å². The van der Waals surface area contributed by atoms with Gasteiger partial charge in [0.25, 0.3) is 0 Å². The molecule has 8 heteroatoms. The maximum absolute atomic E-state index is 13.1. The van der Waals surface area contributed by atoms with Gasteiger partial charge in [0, 0.05) is 23.8 Å². The molecule has 1 aromatic rings. The van der Waals surface area contributed by atoms with Crippen molar-refractivity contribution in [3.05, 3.63) is 28.7 Å². The maximum atomic E-state index is 13.1. The molecule has 192 valence electrons. The Morgan fingerprint density at radius 3 is 2.71 bits per heavy atom. The van der Waals surface area contributed by atoms with Crippen LogP contribution >= 0.6 is 11.3 Å². The van der Waals surface area contributed by atoms with Crippen LogP contribution in [0.15, 0.2) is 27.3 Å². The molecule has 3 unspecified atom stereocenters. The van der Waals surface area contributed by atoms with Crippen LogP contribution in [0.3, 0.4) is 0 Å². The van der Waals surface area contributed by atoms with Gasteiger partial charge in [0.2, 0.25) is 10.0 Å². The molecular formula is C27H37NO5S2. The first kappa shape index (κ1) is 25.2. The number of thiophene rings is 1. The van der Waals surface area contributed by atoms with E-state index in [1.54, 1.807) is 12.3 Å². The number of hydrogen-bond donors (Lipinski definition) is 1. The van der Waals surface area contributed by atoms with E-state index in [4.69, 9.17) is 4.74 Å². The van der Waals surface area contributed by atoms with Gasteiger partial charge in [-0.1, -0.05) is 33.3 Å². The molecular weight excluding hydrogens is 482 g/mol. The Bertz CT molecular complexity index is 1170. The lowest BCUT2D eigenvalue weighted by atomic mass is 9.45. The van der Waals surface area contributed by atoms with Gasteiger partial charge in [-0.05, 0) is 79.8 Å². The summed E-state index contributed by atoms with van der Waals surface area (Å²) in [4.78, 5) is 25.2. The van der Waals surface area contributed by atoms with Gasteiger partial charge in [0.15, 0.2) is 5.78 Å². The Morgan fingerprint density at radius 1 is 1.20 bits per heavy atom. The Hall–Kier alpha value is -1.51. The fourth-order valence-electron chi connectivity index (χ4n) is 8.07. The summed E-state index contributed by atoms with van der Waals surface area (Å²) < 4.78 is 33.3. The number of hydrogen-bond acceptors (Lipinski definition) is 6. The lowest BCUT2D eigenvalue weighted by Gasteiger charge is -2.59. The van der Waals surface area contributed by atoms with Crippen LogP contribution in [0.2, 0.25) is 0 Å². The van der Waals surface area contributed by atoms with Gasteiger partial charge in [0.05, 0.1) is 5.56 Å². The fraction of sp³-hybridized carbons (Fsp3) is 0.704. The van der Waals surface area contributed by atoms with Crippen LogP contribution in [0.5, 0.6) is 0 Å². The summed E-state index contributed by atoms with van der Waals surface area (Å²) in [6.45, 7) is 9.07. The molecule has 3 saturated carbocycles. The van der Waals surface area contributed by atoms with Crippen LogP contribution in [0.25, 0.3) is 0 Å². The van der Waals surface area contributed by atoms with E-state index in [0.717, 1.165) is 49.9 Å². The molecule has 0 radical (unpaired) electrons. The zero-order chi connectivity index (χ0) is 25.2. The highest BCUT2D eigenvalue weighted by molar-refractivity contribution is 7.91. The summed E-state index contributed by atoms with van der Waals surface area (Å²) in [6, 6.07) is 1.43. The molecule has 7 atom stereocenters. The van der Waals surface area contributed by atoms with E-state index in [2.05, 4.69) is 25.5 Å². The van der Waals surface area contributed by atoms with E-state index in [-0.39, 0.29) is 26.9 Å². The summed E-state index contributed by atoms with van der Waals surface area (Å²) in [5, 5.41) is 1.58. The van der Waals surface area contributed by atoms with Gasteiger partial charge < -0.3 is 4.74 Å². The average Bonchev–Trinajstić information content (AvgIpc) is 3.41. The molecule has 0 spiro atoms. The highest BCUT2D eigenvalue weighted by atomic mass is 32.2. The Balaban J connectivity index is 1.34. The molecule has 1 aromatic heterocycles. The van der Waals surface area contributed by atoms with Crippen molar-refractivity contribution in [3.63, 3.8) is 0 Å².